The van der Waals surface area contributed by atoms with Crippen LogP contribution < -0.4 is 4.72 Å². The normalized spacial score (nSPS) is 12.5. The van der Waals surface area contributed by atoms with Crippen LogP contribution in [0.2, 0.25) is 5.02 Å². The Kier molecular flexibility index (Phi) is 3.52. The monoisotopic (exact) mass is 205 g/mol. The van der Waals surface area contributed by atoms with Crippen molar-refractivity contribution >= 4 is 28.6 Å². The van der Waals surface area contributed by atoms with E-state index < -0.39 is 11.3 Å². The first kappa shape index (κ1) is 9.51. The molecule has 0 aliphatic carbocycles. The highest BCUT2D eigenvalue weighted by molar-refractivity contribution is 7.81. The Morgan fingerprint density at radius 1 is 1.42 bits per heavy atom. The molecule has 0 heterocycles. The highest BCUT2D eigenvalue weighted by Gasteiger charge is 1.96. The molecule has 0 aliphatic rings. The molecule has 0 amide bonds. The van der Waals surface area contributed by atoms with Gasteiger partial charge in [0.25, 0.3) is 11.3 Å². The van der Waals surface area contributed by atoms with Gasteiger partial charge in [0.15, 0.2) is 0 Å². The van der Waals surface area contributed by atoms with Crippen LogP contribution in [0.25, 0.3) is 0 Å². The van der Waals surface area contributed by atoms with E-state index in [0.29, 0.717) is 10.7 Å². The molecular formula is C7H8ClNO2S. The van der Waals surface area contributed by atoms with Crippen molar-refractivity contribution < 1.29 is 8.39 Å². The summed E-state index contributed by atoms with van der Waals surface area (Å²) in [6.07, 6.45) is 0. The highest BCUT2D eigenvalue weighted by Crippen LogP contribution is 2.13. The number of halogens is 1. The minimum Gasteiger partial charge on any atom is -0.282 e. The fourth-order valence-electron chi connectivity index (χ4n) is 0.656. The molecule has 0 saturated carbocycles. The summed E-state index contributed by atoms with van der Waals surface area (Å²) >= 11 is 4.17. The molecule has 0 bridgehead atoms. The van der Waals surface area contributed by atoms with E-state index in [1.54, 1.807) is 24.3 Å². The highest BCUT2D eigenvalue weighted by atomic mass is 35.5. The van der Waals surface area contributed by atoms with Crippen LogP contribution in [0, 0.1) is 0 Å². The van der Waals surface area contributed by atoms with Crippen molar-refractivity contribution in [1.82, 2.24) is 0 Å². The summed E-state index contributed by atoms with van der Waals surface area (Å²) in [4.78, 5) is 0. The van der Waals surface area contributed by atoms with Crippen LogP contribution in [0.5, 0.6) is 0 Å². The zero-order valence-corrected chi connectivity index (χ0v) is 7.98. The molecule has 1 N–H and O–H groups in total. The summed E-state index contributed by atoms with van der Waals surface area (Å²) in [5.74, 6) is 0. The van der Waals surface area contributed by atoms with Gasteiger partial charge in [0.2, 0.25) is 0 Å². The minimum absolute atomic E-state index is 0.642. The lowest BCUT2D eigenvalue weighted by Crippen LogP contribution is -2.04. The third-order valence-corrected chi connectivity index (χ3v) is 2.15. The first-order chi connectivity index (χ1) is 5.72. The predicted molar refractivity (Wildman–Crippen MR) is 50.2 cm³/mol. The standard InChI is InChI=1S/C7H8ClNO2S/c1-11-12(10)9-7-4-2-6(8)3-5-7/h2-5,9H,1H3. The Bertz CT molecular complexity index is 275. The minimum atomic E-state index is -1.48. The molecule has 0 spiro atoms. The third kappa shape index (κ3) is 2.81. The SMILES string of the molecule is COS(=O)Nc1ccc(Cl)cc1. The van der Waals surface area contributed by atoms with E-state index in [1.165, 1.54) is 7.11 Å². The van der Waals surface area contributed by atoms with Crippen LogP contribution in [0.1, 0.15) is 0 Å². The lowest BCUT2D eigenvalue weighted by molar-refractivity contribution is 0.449. The number of benzene rings is 1. The van der Waals surface area contributed by atoms with E-state index >= 15 is 0 Å². The second-order valence-corrected chi connectivity index (χ2v) is 3.45. The number of hydrogen-bond donors (Lipinski definition) is 1. The largest absolute Gasteiger partial charge is 0.282 e. The molecule has 1 aromatic rings. The topological polar surface area (TPSA) is 38.3 Å². The van der Waals surface area contributed by atoms with Gasteiger partial charge in [-0.1, -0.05) is 11.6 Å². The summed E-state index contributed by atoms with van der Waals surface area (Å²) in [5, 5.41) is 0.642. The van der Waals surface area contributed by atoms with Gasteiger partial charge >= 0.3 is 0 Å². The van der Waals surface area contributed by atoms with Crippen LogP contribution in [-0.2, 0) is 15.4 Å². The molecule has 0 fully saturated rings. The van der Waals surface area contributed by atoms with Crippen molar-refractivity contribution in [2.24, 2.45) is 0 Å². The molecular weight excluding hydrogens is 198 g/mol. The smallest absolute Gasteiger partial charge is 0.261 e. The van der Waals surface area contributed by atoms with Crippen molar-refractivity contribution in [3.05, 3.63) is 29.3 Å². The van der Waals surface area contributed by atoms with E-state index in [9.17, 15) is 4.21 Å². The van der Waals surface area contributed by atoms with Gasteiger partial charge in [0.05, 0.1) is 7.11 Å². The quantitative estimate of drug-likeness (QED) is 0.820. The molecule has 12 heavy (non-hydrogen) atoms. The van der Waals surface area contributed by atoms with Crippen molar-refractivity contribution in [3.63, 3.8) is 0 Å². The molecule has 0 aromatic heterocycles. The molecule has 1 aromatic carbocycles. The Morgan fingerprint density at radius 2 is 2.00 bits per heavy atom. The second kappa shape index (κ2) is 4.45. The van der Waals surface area contributed by atoms with Gasteiger partial charge in [-0.15, -0.1) is 0 Å². The van der Waals surface area contributed by atoms with Gasteiger partial charge in [-0.2, -0.15) is 0 Å². The number of rotatable bonds is 3. The van der Waals surface area contributed by atoms with Gasteiger partial charge in [-0.3, -0.25) is 8.91 Å². The maximum atomic E-state index is 10.8. The van der Waals surface area contributed by atoms with E-state index in [-0.39, 0.29) is 0 Å². The molecule has 1 unspecified atom stereocenters. The van der Waals surface area contributed by atoms with Gasteiger partial charge < -0.3 is 0 Å². The van der Waals surface area contributed by atoms with Crippen molar-refractivity contribution in [2.45, 2.75) is 0 Å². The van der Waals surface area contributed by atoms with E-state index in [2.05, 4.69) is 8.91 Å². The number of anilines is 1. The Hall–Kier alpha value is -0.580. The van der Waals surface area contributed by atoms with Crippen LogP contribution >= 0.6 is 11.6 Å². The van der Waals surface area contributed by atoms with Crippen molar-refractivity contribution in [2.75, 3.05) is 11.8 Å². The summed E-state index contributed by atoms with van der Waals surface area (Å²) < 4.78 is 17.9. The zero-order chi connectivity index (χ0) is 8.97. The van der Waals surface area contributed by atoms with Crippen molar-refractivity contribution in [3.8, 4) is 0 Å². The van der Waals surface area contributed by atoms with Crippen LogP contribution in [0.15, 0.2) is 24.3 Å². The molecule has 1 atom stereocenters. The average molecular weight is 206 g/mol. The molecule has 3 nitrogen and oxygen atoms in total. The van der Waals surface area contributed by atoms with Gasteiger partial charge in [-0.25, -0.2) is 4.21 Å². The molecule has 0 aliphatic heterocycles. The fraction of sp³-hybridized carbons (Fsp3) is 0.143. The Morgan fingerprint density at radius 3 is 2.50 bits per heavy atom. The Labute approximate surface area is 78.5 Å². The maximum Gasteiger partial charge on any atom is 0.261 e. The van der Waals surface area contributed by atoms with E-state index in [1.807, 2.05) is 0 Å². The number of nitrogens with one attached hydrogen (secondary N) is 1. The maximum absolute atomic E-state index is 10.8. The summed E-state index contributed by atoms with van der Waals surface area (Å²) in [5.41, 5.74) is 0.708. The third-order valence-electron chi connectivity index (χ3n) is 1.20. The first-order valence-corrected chi connectivity index (χ1v) is 4.66. The van der Waals surface area contributed by atoms with Crippen molar-refractivity contribution in [1.29, 1.82) is 0 Å². The van der Waals surface area contributed by atoms with E-state index in [0.717, 1.165) is 0 Å². The molecule has 1 rings (SSSR count). The van der Waals surface area contributed by atoms with Crippen LogP contribution in [0.3, 0.4) is 0 Å². The fourth-order valence-corrected chi connectivity index (χ4v) is 1.19. The number of hydrogen-bond acceptors (Lipinski definition) is 2. The summed E-state index contributed by atoms with van der Waals surface area (Å²) in [6.45, 7) is 0. The van der Waals surface area contributed by atoms with Crippen LogP contribution in [-0.4, -0.2) is 11.3 Å². The lowest BCUT2D eigenvalue weighted by Gasteiger charge is -2.02. The summed E-state index contributed by atoms with van der Waals surface area (Å²) in [6, 6.07) is 6.85. The lowest BCUT2D eigenvalue weighted by atomic mass is 10.3. The predicted octanol–water partition coefficient (Wildman–Crippen LogP) is 1.98. The molecule has 0 radical (unpaired) electrons. The molecule has 5 heteroatoms. The first-order valence-electron chi connectivity index (χ1n) is 3.21. The zero-order valence-electron chi connectivity index (χ0n) is 6.41. The van der Waals surface area contributed by atoms with Gasteiger partial charge in [0.1, 0.15) is 0 Å². The second-order valence-electron chi connectivity index (χ2n) is 2.01. The molecule has 0 saturated heterocycles. The van der Waals surface area contributed by atoms with E-state index in [4.69, 9.17) is 11.6 Å². The van der Waals surface area contributed by atoms with Gasteiger partial charge in [0, 0.05) is 10.7 Å². The Balaban J connectivity index is 2.64. The average Bonchev–Trinajstić information content (AvgIpc) is 2.09. The van der Waals surface area contributed by atoms with Crippen LogP contribution in [0.4, 0.5) is 5.69 Å². The summed E-state index contributed by atoms with van der Waals surface area (Å²) in [7, 11) is 1.36. The molecule has 66 valence electrons. The van der Waals surface area contributed by atoms with Gasteiger partial charge in [-0.05, 0) is 24.3 Å².